The summed E-state index contributed by atoms with van der Waals surface area (Å²) in [7, 11) is -3.40. The van der Waals surface area contributed by atoms with Gasteiger partial charge in [0.1, 0.15) is 5.60 Å². The summed E-state index contributed by atoms with van der Waals surface area (Å²) >= 11 is 0. The molecule has 0 N–H and O–H groups in total. The molecule has 0 saturated heterocycles. The van der Waals surface area contributed by atoms with Gasteiger partial charge in [0.2, 0.25) is 0 Å². The normalized spacial score (nSPS) is 13.0. The van der Waals surface area contributed by atoms with Crippen molar-refractivity contribution in [1.29, 1.82) is 0 Å². The van der Waals surface area contributed by atoms with E-state index in [1.165, 1.54) is 11.7 Å². The average molecular weight is 265 g/mol. The fourth-order valence-electron chi connectivity index (χ4n) is 1.43. The van der Waals surface area contributed by atoms with Crippen molar-refractivity contribution in [3.05, 3.63) is 5.82 Å². The zero-order chi connectivity index (χ0) is 13.3. The largest absolute Gasteiger partial charge is 0.371 e. The van der Waals surface area contributed by atoms with Crippen LogP contribution < -0.4 is 0 Å². The van der Waals surface area contributed by atoms with Crippen LogP contribution in [0.1, 0.15) is 33.0 Å². The van der Waals surface area contributed by atoms with Crippen molar-refractivity contribution in [2.75, 3.05) is 7.11 Å². The van der Waals surface area contributed by atoms with E-state index in [4.69, 9.17) is 4.74 Å². The second kappa shape index (κ2) is 4.69. The molecule has 0 radical (unpaired) electrons. The van der Waals surface area contributed by atoms with E-state index in [0.717, 1.165) is 0 Å². The molecule has 0 bridgehead atoms. The van der Waals surface area contributed by atoms with Crippen molar-refractivity contribution < 1.29 is 17.0 Å². The van der Waals surface area contributed by atoms with Crippen molar-refractivity contribution in [3.63, 3.8) is 0 Å². The third-order valence-electron chi connectivity index (χ3n) is 2.43. The van der Waals surface area contributed by atoms with Gasteiger partial charge in [-0.15, -0.1) is 10.2 Å². The van der Waals surface area contributed by atoms with Crippen molar-refractivity contribution in [1.82, 2.24) is 14.8 Å². The van der Waals surface area contributed by atoms with Crippen LogP contribution in [0.3, 0.4) is 0 Å². The van der Waals surface area contributed by atoms with E-state index >= 15 is 0 Å². The van der Waals surface area contributed by atoms with E-state index in [1.807, 2.05) is 6.92 Å². The minimum atomic E-state index is -4.87. The SMILES string of the molecule is CCCn1c(C(C)(C)OC)nnc1S(=O)(=O)F. The molecule has 98 valence electrons. The summed E-state index contributed by atoms with van der Waals surface area (Å²) in [4.78, 5) is 0. The van der Waals surface area contributed by atoms with E-state index in [0.29, 0.717) is 13.0 Å². The molecule has 0 unspecified atom stereocenters. The predicted molar refractivity (Wildman–Crippen MR) is 58.6 cm³/mol. The lowest BCUT2D eigenvalue weighted by Gasteiger charge is -2.22. The van der Waals surface area contributed by atoms with Crippen LogP contribution in [0.2, 0.25) is 0 Å². The Labute approximate surface area is 100 Å². The Balaban J connectivity index is 3.40. The second-order valence-electron chi connectivity index (χ2n) is 4.11. The summed E-state index contributed by atoms with van der Waals surface area (Å²) in [6.45, 7) is 5.57. The first-order chi connectivity index (χ1) is 7.74. The summed E-state index contributed by atoms with van der Waals surface area (Å²) in [5.74, 6) is 0.290. The second-order valence-corrected chi connectivity index (χ2v) is 5.35. The number of halogens is 1. The molecule has 17 heavy (non-hydrogen) atoms. The molecular formula is C9H16FN3O3S. The number of rotatable bonds is 5. The lowest BCUT2D eigenvalue weighted by Crippen LogP contribution is -2.26. The van der Waals surface area contributed by atoms with Gasteiger partial charge in [0.15, 0.2) is 5.82 Å². The molecule has 1 aromatic rings. The molecule has 1 aromatic heterocycles. The first-order valence-corrected chi connectivity index (χ1v) is 6.56. The van der Waals surface area contributed by atoms with Crippen LogP contribution >= 0.6 is 0 Å². The van der Waals surface area contributed by atoms with Crippen LogP contribution in [0, 0.1) is 0 Å². The van der Waals surface area contributed by atoms with E-state index in [1.54, 1.807) is 13.8 Å². The van der Waals surface area contributed by atoms with E-state index < -0.39 is 21.0 Å². The van der Waals surface area contributed by atoms with Crippen molar-refractivity contribution in [3.8, 4) is 0 Å². The molecule has 6 nitrogen and oxygen atoms in total. The third kappa shape index (κ3) is 2.81. The predicted octanol–water partition coefficient (Wildman–Crippen LogP) is 1.23. The van der Waals surface area contributed by atoms with Crippen molar-refractivity contribution in [2.45, 2.75) is 44.5 Å². The molecule has 1 rings (SSSR count). The van der Waals surface area contributed by atoms with Gasteiger partial charge in [-0.1, -0.05) is 10.8 Å². The maximum atomic E-state index is 13.0. The smallest absolute Gasteiger partial charge is 0.368 e. The fraction of sp³-hybridized carbons (Fsp3) is 0.778. The average Bonchev–Trinajstić information content (AvgIpc) is 2.62. The quantitative estimate of drug-likeness (QED) is 0.748. The highest BCUT2D eigenvalue weighted by atomic mass is 32.3. The Hall–Kier alpha value is -1.02. The zero-order valence-corrected chi connectivity index (χ0v) is 11.1. The molecule has 0 aliphatic carbocycles. The number of hydrogen-bond acceptors (Lipinski definition) is 5. The van der Waals surface area contributed by atoms with Crippen LogP contribution in [-0.2, 0) is 27.1 Å². The van der Waals surface area contributed by atoms with Gasteiger partial charge in [-0.25, -0.2) is 0 Å². The molecule has 1 heterocycles. The molecule has 0 spiro atoms. The molecule has 0 fully saturated rings. The lowest BCUT2D eigenvalue weighted by atomic mass is 10.1. The van der Waals surface area contributed by atoms with Gasteiger partial charge in [-0.3, -0.25) is 4.57 Å². The molecule has 8 heteroatoms. The third-order valence-corrected chi connectivity index (χ3v) is 3.17. The van der Waals surface area contributed by atoms with Crippen LogP contribution in [0.25, 0.3) is 0 Å². The van der Waals surface area contributed by atoms with Crippen molar-refractivity contribution in [2.24, 2.45) is 0 Å². The van der Waals surface area contributed by atoms with E-state index in [2.05, 4.69) is 10.2 Å². The van der Waals surface area contributed by atoms with Gasteiger partial charge in [0.25, 0.3) is 5.16 Å². The fourth-order valence-corrected chi connectivity index (χ4v) is 2.01. The summed E-state index contributed by atoms with van der Waals surface area (Å²) in [6.07, 6.45) is 0.632. The molecule has 0 atom stereocenters. The summed E-state index contributed by atoms with van der Waals surface area (Å²) in [6, 6.07) is 0. The van der Waals surface area contributed by atoms with Crippen LogP contribution in [0.5, 0.6) is 0 Å². The number of methoxy groups -OCH3 is 1. The van der Waals surface area contributed by atoms with Crippen LogP contribution in [0.15, 0.2) is 5.16 Å². The van der Waals surface area contributed by atoms with Crippen LogP contribution in [0.4, 0.5) is 3.89 Å². The summed E-state index contributed by atoms with van der Waals surface area (Å²) < 4.78 is 41.3. The van der Waals surface area contributed by atoms with E-state index in [-0.39, 0.29) is 5.82 Å². The summed E-state index contributed by atoms with van der Waals surface area (Å²) in [5, 5.41) is 6.44. The molecular weight excluding hydrogens is 249 g/mol. The first kappa shape index (κ1) is 14.0. The lowest BCUT2D eigenvalue weighted by molar-refractivity contribution is 0.00771. The van der Waals surface area contributed by atoms with Gasteiger partial charge in [0, 0.05) is 13.7 Å². The highest BCUT2D eigenvalue weighted by Crippen LogP contribution is 2.24. The molecule has 0 aliphatic heterocycles. The minimum absolute atomic E-state index is 0.290. The van der Waals surface area contributed by atoms with Gasteiger partial charge in [-0.05, 0) is 20.3 Å². The summed E-state index contributed by atoms with van der Waals surface area (Å²) in [5.41, 5.74) is -0.828. The van der Waals surface area contributed by atoms with Crippen molar-refractivity contribution >= 4 is 10.2 Å². The number of nitrogens with zero attached hydrogens (tertiary/aromatic N) is 3. The highest BCUT2D eigenvalue weighted by molar-refractivity contribution is 7.86. The molecule has 0 saturated carbocycles. The monoisotopic (exact) mass is 265 g/mol. The van der Waals surface area contributed by atoms with Gasteiger partial charge >= 0.3 is 10.2 Å². The zero-order valence-electron chi connectivity index (χ0n) is 10.3. The Kier molecular flexibility index (Phi) is 3.88. The first-order valence-electron chi connectivity index (χ1n) is 5.17. The molecule has 0 aromatic carbocycles. The Morgan fingerprint density at radius 1 is 1.41 bits per heavy atom. The Morgan fingerprint density at radius 2 is 2.00 bits per heavy atom. The number of hydrogen-bond donors (Lipinski definition) is 0. The topological polar surface area (TPSA) is 74.1 Å². The van der Waals surface area contributed by atoms with E-state index in [9.17, 15) is 12.3 Å². The molecule has 0 amide bonds. The van der Waals surface area contributed by atoms with Gasteiger partial charge in [-0.2, -0.15) is 8.42 Å². The maximum absolute atomic E-state index is 13.0. The number of ether oxygens (including phenoxy) is 1. The standard InChI is InChI=1S/C9H16FN3O3S/c1-5-6-13-7(9(2,3)16-4)11-12-8(13)17(10,14)15/h5-6H2,1-4H3. The highest BCUT2D eigenvalue weighted by Gasteiger charge is 2.32. The number of aromatic nitrogens is 3. The maximum Gasteiger partial charge on any atom is 0.368 e. The Morgan fingerprint density at radius 3 is 2.41 bits per heavy atom. The van der Waals surface area contributed by atoms with Gasteiger partial charge in [0.05, 0.1) is 0 Å². The van der Waals surface area contributed by atoms with Gasteiger partial charge < -0.3 is 4.74 Å². The van der Waals surface area contributed by atoms with Crippen LogP contribution in [-0.4, -0.2) is 30.3 Å². The molecule has 0 aliphatic rings. The minimum Gasteiger partial charge on any atom is -0.371 e. The Bertz CT molecular complexity index is 496.